The number of unbranched alkanes of at least 4 members (excludes halogenated alkanes) is 36. The number of aryl methyl sites for hydroxylation is 2. The van der Waals surface area contributed by atoms with E-state index in [1.807, 2.05) is 34.7 Å². The topological polar surface area (TPSA) is 87.0 Å². The molecule has 0 unspecified atom stereocenters. The van der Waals surface area contributed by atoms with Gasteiger partial charge in [0.2, 0.25) is 0 Å². The first kappa shape index (κ1) is 65.7. The minimum absolute atomic E-state index is 0.0435. The first-order valence-electron chi connectivity index (χ1n) is 35.5. The maximum absolute atomic E-state index is 15.2. The highest BCUT2D eigenvalue weighted by atomic mass is 16.5. The van der Waals surface area contributed by atoms with Gasteiger partial charge >= 0.3 is 11.9 Å². The lowest BCUT2D eigenvalue weighted by Crippen LogP contribution is -2.14. The average Bonchev–Trinajstić information content (AvgIpc) is 1.67. The van der Waals surface area contributed by atoms with Crippen LogP contribution in [-0.4, -0.2) is 34.5 Å². The summed E-state index contributed by atoms with van der Waals surface area (Å²) in [6.07, 6.45) is 52.3. The number of benzene rings is 6. The number of hydrogen-bond acceptors (Lipinski definition) is 6. The van der Waals surface area contributed by atoms with Crippen molar-refractivity contribution in [3.63, 3.8) is 0 Å². The van der Waals surface area contributed by atoms with Crippen LogP contribution in [0.1, 0.15) is 316 Å². The predicted octanol–water partition coefficient (Wildman–Crippen LogP) is 23.6. The van der Waals surface area contributed by atoms with Gasteiger partial charge in [-0.2, -0.15) is 0 Å². The molecule has 6 aromatic carbocycles. The van der Waals surface area contributed by atoms with Crippen LogP contribution in [0.5, 0.6) is 0 Å². The van der Waals surface area contributed by atoms with E-state index in [1.54, 1.807) is 0 Å². The molecule has 0 spiro atoms. The van der Waals surface area contributed by atoms with Crippen molar-refractivity contribution in [2.45, 2.75) is 297 Å². The minimum Gasteiger partial charge on any atom is -0.462 e. The fraction of sp³-hybridized carbons (Fsp3) is 0.615. The number of nitrogens with zero attached hydrogens (tertiary/aromatic N) is 2. The maximum atomic E-state index is 15.2. The van der Waals surface area contributed by atoms with E-state index in [-0.39, 0.29) is 5.56 Å². The first-order valence-corrected chi connectivity index (χ1v) is 35.5. The molecule has 462 valence electrons. The number of aromatic nitrogens is 2. The van der Waals surface area contributed by atoms with Crippen LogP contribution in [0.4, 0.5) is 0 Å². The summed E-state index contributed by atoms with van der Waals surface area (Å²) >= 11 is 0. The zero-order valence-corrected chi connectivity index (χ0v) is 53.8. The van der Waals surface area contributed by atoms with Crippen molar-refractivity contribution >= 4 is 82.5 Å². The van der Waals surface area contributed by atoms with Crippen molar-refractivity contribution in [2.24, 2.45) is 0 Å². The van der Waals surface area contributed by atoms with Crippen LogP contribution < -0.4 is 5.56 Å². The Labute approximate surface area is 512 Å². The third-order valence-electron chi connectivity index (χ3n) is 19.1. The molecule has 0 fully saturated rings. The zero-order chi connectivity index (χ0) is 59.4. The van der Waals surface area contributed by atoms with Gasteiger partial charge in [0.1, 0.15) is 5.65 Å². The van der Waals surface area contributed by atoms with Crippen molar-refractivity contribution in [3.8, 4) is 0 Å². The Hall–Kier alpha value is -5.30. The molecule has 0 atom stereocenters. The van der Waals surface area contributed by atoms with Crippen LogP contribution in [-0.2, 0) is 22.3 Å². The summed E-state index contributed by atoms with van der Waals surface area (Å²) in [6, 6.07) is 20.8. The molecule has 0 amide bonds. The summed E-state index contributed by atoms with van der Waals surface area (Å²) in [6.45, 7) is 9.78. The largest absolute Gasteiger partial charge is 0.462 e. The predicted molar refractivity (Wildman–Crippen MR) is 364 cm³/mol. The number of hydrogen-bond donors (Lipinski definition) is 0. The molecule has 2 heterocycles. The monoisotopic (exact) mass is 1150 g/mol. The average molecular weight is 1160 g/mol. The molecular weight excluding hydrogens is 1040 g/mol. The quantitative estimate of drug-likeness (QED) is 0.0164. The van der Waals surface area contributed by atoms with E-state index >= 15 is 4.79 Å². The highest BCUT2D eigenvalue weighted by molar-refractivity contribution is 6.39. The molecule has 8 rings (SSSR count). The smallest absolute Gasteiger partial charge is 0.338 e. The van der Waals surface area contributed by atoms with E-state index in [0.717, 1.165) is 112 Å². The maximum Gasteiger partial charge on any atom is 0.338 e. The molecule has 8 aromatic rings. The number of pyridine rings is 1. The van der Waals surface area contributed by atoms with Crippen LogP contribution in [0.15, 0.2) is 65.5 Å². The second-order valence-corrected chi connectivity index (χ2v) is 25.8. The molecular formula is C78H110N2O5. The fourth-order valence-corrected chi connectivity index (χ4v) is 14.0. The molecule has 0 saturated heterocycles. The van der Waals surface area contributed by atoms with Crippen molar-refractivity contribution in [2.75, 3.05) is 13.2 Å². The van der Waals surface area contributed by atoms with E-state index in [4.69, 9.17) is 14.5 Å². The molecule has 0 aliphatic carbocycles. The second-order valence-electron chi connectivity index (χ2n) is 25.8. The lowest BCUT2D eigenvalue weighted by molar-refractivity contribution is 0.0498. The summed E-state index contributed by atoms with van der Waals surface area (Å²) in [5, 5.41) is 8.78. The fourth-order valence-electron chi connectivity index (χ4n) is 14.0. The van der Waals surface area contributed by atoms with Crippen molar-refractivity contribution in [3.05, 3.63) is 93.3 Å². The number of imidazole rings is 1. The number of fused-ring (bicyclic) bond motifs is 6. The summed E-state index contributed by atoms with van der Waals surface area (Å²) in [7, 11) is 0. The van der Waals surface area contributed by atoms with Gasteiger partial charge in [-0.05, 0) is 118 Å². The zero-order valence-electron chi connectivity index (χ0n) is 53.8. The number of carbonyl (C=O) groups is 2. The molecule has 7 heteroatoms. The van der Waals surface area contributed by atoms with Crippen LogP contribution in [0.25, 0.3) is 70.5 Å². The third-order valence-corrected chi connectivity index (χ3v) is 19.1. The van der Waals surface area contributed by atoms with E-state index in [9.17, 15) is 9.59 Å². The molecule has 0 N–H and O–H groups in total. The lowest BCUT2D eigenvalue weighted by atomic mass is 9.85. The van der Waals surface area contributed by atoms with E-state index in [2.05, 4.69) is 58.0 Å². The van der Waals surface area contributed by atoms with Crippen molar-refractivity contribution in [1.82, 2.24) is 9.38 Å². The van der Waals surface area contributed by atoms with Gasteiger partial charge in [0.05, 0.1) is 35.4 Å². The molecule has 0 bridgehead atoms. The number of esters is 2. The number of ether oxygens (including phenoxy) is 2. The standard InChI is InChI=1S/C78H110N2O5/c1-5-9-13-17-21-25-29-33-37-41-45-59-57-69-70(58-60(59)46-42-38-34-30-26-22-18-14-10-6-2)80-75(79-69)65-51-47-61-63-49-53-67(77(82)84-55-43-39-35-31-27-23-19-15-11-7-3)74-68(78(83)85-56-44-40-36-32-28-24-20-16-12-8-4)54-50-64(72(63)74)62-48-52-66(76(80)81)73(65)71(61)62/h47-54,57-58H,5-46,55-56H2,1-4H3. The highest BCUT2D eigenvalue weighted by Gasteiger charge is 2.26. The van der Waals surface area contributed by atoms with Gasteiger partial charge in [0, 0.05) is 21.5 Å². The molecule has 2 aromatic heterocycles. The molecule has 7 nitrogen and oxygen atoms in total. The lowest BCUT2D eigenvalue weighted by Gasteiger charge is -2.19. The van der Waals surface area contributed by atoms with Crippen LogP contribution in [0.3, 0.4) is 0 Å². The Morgan fingerprint density at radius 3 is 1.06 bits per heavy atom. The summed E-state index contributed by atoms with van der Waals surface area (Å²) < 4.78 is 14.1. The Kier molecular flexibility index (Phi) is 27.9. The van der Waals surface area contributed by atoms with Crippen LogP contribution in [0.2, 0.25) is 0 Å². The van der Waals surface area contributed by atoms with Gasteiger partial charge in [-0.1, -0.05) is 283 Å². The molecule has 0 saturated carbocycles. The van der Waals surface area contributed by atoms with E-state index < -0.39 is 11.9 Å². The number of rotatable bonds is 46. The first-order chi connectivity index (χ1) is 41.9. The normalized spacial score (nSPS) is 12.1. The second kappa shape index (κ2) is 36.1. The van der Waals surface area contributed by atoms with Gasteiger partial charge in [0.25, 0.3) is 5.56 Å². The Bertz CT molecular complexity index is 3240. The Balaban J connectivity index is 1.08. The van der Waals surface area contributed by atoms with Gasteiger partial charge in [-0.3, -0.25) is 9.20 Å². The van der Waals surface area contributed by atoms with Crippen LogP contribution in [0, 0.1) is 0 Å². The number of carbonyl (C=O) groups excluding carboxylic acids is 2. The van der Waals surface area contributed by atoms with E-state index in [0.29, 0.717) is 40.8 Å². The summed E-state index contributed by atoms with van der Waals surface area (Å²) in [5.41, 5.74) is 6.01. The van der Waals surface area contributed by atoms with Crippen molar-refractivity contribution < 1.29 is 19.1 Å². The Morgan fingerprint density at radius 1 is 0.353 bits per heavy atom. The highest BCUT2D eigenvalue weighted by Crippen LogP contribution is 2.45. The van der Waals surface area contributed by atoms with E-state index in [1.165, 1.54) is 223 Å². The summed E-state index contributed by atoms with van der Waals surface area (Å²) in [4.78, 5) is 49.4. The van der Waals surface area contributed by atoms with Gasteiger partial charge in [-0.25, -0.2) is 14.6 Å². The Morgan fingerprint density at radius 2 is 0.659 bits per heavy atom. The molecule has 0 radical (unpaired) electrons. The third kappa shape index (κ3) is 17.9. The molecule has 0 aliphatic heterocycles. The van der Waals surface area contributed by atoms with Crippen molar-refractivity contribution in [1.29, 1.82) is 0 Å². The van der Waals surface area contributed by atoms with Gasteiger partial charge in [0.15, 0.2) is 0 Å². The molecule has 0 aliphatic rings. The summed E-state index contributed by atoms with van der Waals surface area (Å²) in [5.74, 6) is -0.829. The van der Waals surface area contributed by atoms with Gasteiger partial charge < -0.3 is 9.47 Å². The minimum atomic E-state index is -0.415. The molecule has 85 heavy (non-hydrogen) atoms. The SMILES string of the molecule is CCCCCCCCCCCCOC(=O)c1ccc2c3ccc4c(=O)n5c6cc(CCCCCCCCCCCC)c(CCCCCCCCCCCC)cc6nc5c5ccc(c6ccc(C(=O)OCCCCCCCCCCCC)c1c26)c3c45. The van der Waals surface area contributed by atoms with Gasteiger partial charge in [-0.15, -0.1) is 0 Å². The van der Waals surface area contributed by atoms with Crippen LogP contribution >= 0.6 is 0 Å².